The minimum Gasteiger partial charge on any atom is -0.493 e. The molecular formula is C22H20N4O3. The summed E-state index contributed by atoms with van der Waals surface area (Å²) in [5.41, 5.74) is 8.52. The van der Waals surface area contributed by atoms with E-state index in [0.29, 0.717) is 35.4 Å². The first-order valence-corrected chi connectivity index (χ1v) is 8.94. The van der Waals surface area contributed by atoms with Crippen LogP contribution < -0.4 is 19.9 Å². The molecule has 0 aliphatic carbocycles. The maximum Gasteiger partial charge on any atom is 0.162 e. The molecule has 0 aliphatic heterocycles. The summed E-state index contributed by atoms with van der Waals surface area (Å²) in [6.07, 6.45) is 6.77. The van der Waals surface area contributed by atoms with E-state index >= 15 is 0 Å². The third-order valence-electron chi connectivity index (χ3n) is 4.59. The molecular weight excluding hydrogens is 368 g/mol. The normalized spacial score (nSPS) is 10.8. The van der Waals surface area contributed by atoms with E-state index in [1.165, 1.54) is 0 Å². The third kappa shape index (κ3) is 3.38. The molecule has 0 saturated heterocycles. The lowest BCUT2D eigenvalue weighted by Gasteiger charge is -2.12. The number of nitrogens with zero attached hydrogens (tertiary/aromatic N) is 3. The number of fused-ring (bicyclic) bond motifs is 3. The first-order chi connectivity index (χ1) is 14.1. The van der Waals surface area contributed by atoms with Gasteiger partial charge in [-0.1, -0.05) is 12.7 Å². The summed E-state index contributed by atoms with van der Waals surface area (Å²) >= 11 is 0. The second-order valence-corrected chi connectivity index (χ2v) is 6.35. The zero-order valence-electron chi connectivity index (χ0n) is 16.2. The Labute approximate surface area is 167 Å². The Balaban J connectivity index is 1.93. The molecule has 3 aromatic heterocycles. The molecule has 0 saturated carbocycles. The van der Waals surface area contributed by atoms with Gasteiger partial charge in [0.25, 0.3) is 0 Å². The highest BCUT2D eigenvalue weighted by Crippen LogP contribution is 2.37. The highest BCUT2D eigenvalue weighted by Gasteiger charge is 2.13. The molecule has 7 heteroatoms. The van der Waals surface area contributed by atoms with Crippen molar-refractivity contribution >= 4 is 27.5 Å². The molecule has 0 bridgehead atoms. The zero-order valence-corrected chi connectivity index (χ0v) is 16.2. The van der Waals surface area contributed by atoms with Crippen molar-refractivity contribution in [3.63, 3.8) is 0 Å². The van der Waals surface area contributed by atoms with Gasteiger partial charge >= 0.3 is 0 Å². The van der Waals surface area contributed by atoms with Crippen LogP contribution in [-0.4, -0.2) is 35.8 Å². The van der Waals surface area contributed by atoms with E-state index in [1.54, 1.807) is 38.9 Å². The van der Waals surface area contributed by atoms with E-state index in [9.17, 15) is 0 Å². The minimum atomic E-state index is 0.388. The molecule has 0 fully saturated rings. The minimum absolute atomic E-state index is 0.388. The van der Waals surface area contributed by atoms with Gasteiger partial charge in [0.1, 0.15) is 18.2 Å². The van der Waals surface area contributed by atoms with Gasteiger partial charge in [-0.25, -0.2) is 4.98 Å². The monoisotopic (exact) mass is 388 g/mol. The van der Waals surface area contributed by atoms with Crippen molar-refractivity contribution in [3.8, 4) is 28.5 Å². The van der Waals surface area contributed by atoms with Gasteiger partial charge < -0.3 is 19.9 Å². The lowest BCUT2D eigenvalue weighted by Crippen LogP contribution is -1.98. The first-order valence-electron chi connectivity index (χ1n) is 8.94. The highest BCUT2D eigenvalue weighted by atomic mass is 16.5. The van der Waals surface area contributed by atoms with Crippen LogP contribution in [0.2, 0.25) is 0 Å². The number of aromatic nitrogens is 3. The van der Waals surface area contributed by atoms with E-state index in [2.05, 4.69) is 21.5 Å². The number of anilines is 1. The van der Waals surface area contributed by atoms with E-state index in [4.69, 9.17) is 19.9 Å². The maximum absolute atomic E-state index is 6.26. The van der Waals surface area contributed by atoms with Crippen LogP contribution in [0.25, 0.3) is 32.9 Å². The Morgan fingerprint density at radius 1 is 0.966 bits per heavy atom. The topological polar surface area (TPSA) is 92.4 Å². The lowest BCUT2D eigenvalue weighted by molar-refractivity contribution is 0.356. The van der Waals surface area contributed by atoms with Crippen molar-refractivity contribution in [2.45, 2.75) is 0 Å². The molecule has 4 rings (SSSR count). The molecule has 29 heavy (non-hydrogen) atoms. The van der Waals surface area contributed by atoms with E-state index in [-0.39, 0.29) is 0 Å². The molecule has 0 atom stereocenters. The predicted molar refractivity (Wildman–Crippen MR) is 113 cm³/mol. The summed E-state index contributed by atoms with van der Waals surface area (Å²) < 4.78 is 16.4. The zero-order chi connectivity index (χ0) is 20.4. The van der Waals surface area contributed by atoms with E-state index in [0.717, 1.165) is 27.2 Å². The SMILES string of the molecule is C=CCOc1cncc(-c2cc3c(cnc4cc(OC)c(OC)cc43)c(N)n2)c1. The summed E-state index contributed by atoms with van der Waals surface area (Å²) in [5.74, 6) is 2.26. The van der Waals surface area contributed by atoms with Crippen LogP contribution in [0.15, 0.2) is 55.5 Å². The molecule has 7 nitrogen and oxygen atoms in total. The first kappa shape index (κ1) is 18.5. The van der Waals surface area contributed by atoms with Gasteiger partial charge in [-0.15, -0.1) is 0 Å². The maximum atomic E-state index is 6.26. The average molecular weight is 388 g/mol. The van der Waals surface area contributed by atoms with Crippen molar-refractivity contribution in [2.75, 3.05) is 26.6 Å². The van der Waals surface area contributed by atoms with Crippen LogP contribution >= 0.6 is 0 Å². The van der Waals surface area contributed by atoms with Gasteiger partial charge in [-0.2, -0.15) is 0 Å². The van der Waals surface area contributed by atoms with Crippen molar-refractivity contribution < 1.29 is 14.2 Å². The molecule has 3 heterocycles. The highest BCUT2D eigenvalue weighted by molar-refractivity contribution is 6.10. The molecule has 0 spiro atoms. The fourth-order valence-corrected chi connectivity index (χ4v) is 3.20. The Morgan fingerprint density at radius 2 is 1.76 bits per heavy atom. The van der Waals surface area contributed by atoms with Crippen molar-refractivity contribution in [2.24, 2.45) is 0 Å². The molecule has 0 radical (unpaired) electrons. The van der Waals surface area contributed by atoms with Gasteiger partial charge in [0, 0.05) is 34.8 Å². The van der Waals surface area contributed by atoms with Gasteiger partial charge in [0.05, 0.1) is 31.6 Å². The molecule has 0 amide bonds. The fraction of sp³-hybridized carbons (Fsp3) is 0.136. The molecule has 4 aromatic rings. The van der Waals surface area contributed by atoms with Crippen LogP contribution in [-0.2, 0) is 0 Å². The number of benzene rings is 1. The van der Waals surface area contributed by atoms with Crippen LogP contribution in [0.5, 0.6) is 17.2 Å². The molecule has 146 valence electrons. The average Bonchev–Trinajstić information content (AvgIpc) is 2.76. The number of pyridine rings is 3. The third-order valence-corrected chi connectivity index (χ3v) is 4.59. The summed E-state index contributed by atoms with van der Waals surface area (Å²) in [6, 6.07) is 7.58. The standard InChI is InChI=1S/C22H20N4O3/c1-4-5-29-14-6-13(10-24-11-14)18-7-15-16-8-20(27-2)21(28-3)9-19(16)25-12-17(15)22(23)26-18/h4,6-12H,1,5H2,2-3H3,(H2,23,26). The number of hydrogen-bond donors (Lipinski definition) is 1. The molecule has 2 N–H and O–H groups in total. The molecule has 0 unspecified atom stereocenters. The Hall–Kier alpha value is -3.87. The number of hydrogen-bond acceptors (Lipinski definition) is 7. The quantitative estimate of drug-likeness (QED) is 0.394. The van der Waals surface area contributed by atoms with Crippen LogP contribution in [0.1, 0.15) is 0 Å². The number of ether oxygens (including phenoxy) is 3. The van der Waals surface area contributed by atoms with E-state index < -0.39 is 0 Å². The van der Waals surface area contributed by atoms with Crippen molar-refractivity contribution in [1.29, 1.82) is 0 Å². The van der Waals surface area contributed by atoms with Crippen LogP contribution in [0, 0.1) is 0 Å². The summed E-state index contributed by atoms with van der Waals surface area (Å²) in [4.78, 5) is 13.3. The van der Waals surface area contributed by atoms with Crippen LogP contribution in [0.3, 0.4) is 0 Å². The smallest absolute Gasteiger partial charge is 0.162 e. The Morgan fingerprint density at radius 3 is 2.52 bits per heavy atom. The number of nitrogen functional groups attached to an aromatic ring is 1. The second kappa shape index (κ2) is 7.63. The molecule has 0 aliphatic rings. The van der Waals surface area contributed by atoms with Gasteiger partial charge in [0.2, 0.25) is 0 Å². The van der Waals surface area contributed by atoms with Gasteiger partial charge in [0.15, 0.2) is 11.5 Å². The summed E-state index contributed by atoms with van der Waals surface area (Å²) in [6.45, 7) is 4.06. The largest absolute Gasteiger partial charge is 0.493 e. The summed E-state index contributed by atoms with van der Waals surface area (Å²) in [5, 5.41) is 2.57. The molecule has 1 aromatic carbocycles. The van der Waals surface area contributed by atoms with Crippen LogP contribution in [0.4, 0.5) is 5.82 Å². The second-order valence-electron chi connectivity index (χ2n) is 6.35. The fourth-order valence-electron chi connectivity index (χ4n) is 3.20. The Bertz CT molecular complexity index is 1220. The lowest BCUT2D eigenvalue weighted by atomic mass is 10.0. The Kier molecular flexibility index (Phi) is 4.87. The van der Waals surface area contributed by atoms with Crippen molar-refractivity contribution in [1.82, 2.24) is 15.0 Å². The summed E-state index contributed by atoms with van der Waals surface area (Å²) in [7, 11) is 3.20. The van der Waals surface area contributed by atoms with E-state index in [1.807, 2.05) is 24.3 Å². The predicted octanol–water partition coefficient (Wildman–Crippen LogP) is 4.01. The van der Waals surface area contributed by atoms with Gasteiger partial charge in [-0.3, -0.25) is 9.97 Å². The number of methoxy groups -OCH3 is 2. The van der Waals surface area contributed by atoms with Gasteiger partial charge in [-0.05, 0) is 23.6 Å². The number of rotatable bonds is 6. The number of nitrogens with two attached hydrogens (primary N) is 1. The van der Waals surface area contributed by atoms with Crippen molar-refractivity contribution in [3.05, 3.63) is 55.5 Å².